The third kappa shape index (κ3) is 1.42. The molecule has 1 rings (SSSR count). The molecule has 0 amide bonds. The molecule has 0 aromatic rings. The van der Waals surface area contributed by atoms with E-state index in [4.69, 9.17) is 4.18 Å². The van der Waals surface area contributed by atoms with Crippen LogP contribution in [0.3, 0.4) is 0 Å². The fourth-order valence-corrected chi connectivity index (χ4v) is 1.39. The fraction of sp³-hybridized carbons (Fsp3) is 0.600. The van der Waals surface area contributed by atoms with Crippen molar-refractivity contribution in [2.24, 2.45) is 0 Å². The van der Waals surface area contributed by atoms with Gasteiger partial charge in [-0.2, -0.15) is 0 Å². The molecule has 0 aromatic heterocycles. The minimum Gasteiger partial charge on any atom is -0.290 e. The van der Waals surface area contributed by atoms with E-state index in [-0.39, 0.29) is 0 Å². The third-order valence-electron chi connectivity index (χ3n) is 0.992. The Labute approximate surface area is 51.2 Å². The highest BCUT2D eigenvalue weighted by Crippen LogP contribution is 2.08. The highest BCUT2D eigenvalue weighted by molar-refractivity contribution is 7.80. The van der Waals surface area contributed by atoms with Gasteiger partial charge in [0.2, 0.25) is 0 Å². The Kier molecular flexibility index (Phi) is 1.81. The maximum Gasteiger partial charge on any atom is 0.159 e. The molecule has 46 valence electrons. The van der Waals surface area contributed by atoms with Crippen molar-refractivity contribution >= 4 is 11.1 Å². The molecule has 0 aromatic carbocycles. The summed E-state index contributed by atoms with van der Waals surface area (Å²) in [5.41, 5.74) is 1.04. The molecule has 1 fully saturated rings. The number of rotatable bonds is 0. The molecule has 1 heterocycles. The van der Waals surface area contributed by atoms with Crippen molar-refractivity contribution in [3.63, 3.8) is 0 Å². The molecule has 2 nitrogen and oxygen atoms in total. The summed E-state index contributed by atoms with van der Waals surface area (Å²) in [6, 6.07) is 0. The first kappa shape index (κ1) is 5.98. The lowest BCUT2D eigenvalue weighted by molar-refractivity contribution is 0.341. The molecule has 0 N–H and O–H groups in total. The topological polar surface area (TPSA) is 26.3 Å². The zero-order chi connectivity index (χ0) is 5.98. The molecule has 1 unspecified atom stereocenters. The second kappa shape index (κ2) is 2.42. The maximum atomic E-state index is 10.5. The predicted octanol–water partition coefficient (Wildman–Crippen LogP) is 0.627. The molecule has 3 heteroatoms. The molecule has 0 radical (unpaired) electrons. The Balaban J connectivity index is 2.45. The van der Waals surface area contributed by atoms with Crippen LogP contribution in [-0.2, 0) is 15.3 Å². The maximum absolute atomic E-state index is 10.5. The lowest BCUT2D eigenvalue weighted by atomic mass is 10.3. The van der Waals surface area contributed by atoms with Gasteiger partial charge in [0.15, 0.2) is 11.1 Å². The molecular formula is C5H8O2S. The highest BCUT2D eigenvalue weighted by Gasteiger charge is 2.09. The van der Waals surface area contributed by atoms with Crippen molar-refractivity contribution in [1.82, 2.24) is 0 Å². The summed E-state index contributed by atoms with van der Waals surface area (Å²) >= 11 is -1.07. The minimum absolute atomic E-state index is 0.528. The molecule has 1 aliphatic heterocycles. The molecular weight excluding hydrogens is 124 g/mol. The van der Waals surface area contributed by atoms with Crippen molar-refractivity contribution in [3.8, 4) is 0 Å². The Morgan fingerprint density at radius 3 is 2.88 bits per heavy atom. The lowest BCUT2D eigenvalue weighted by Crippen LogP contribution is -2.12. The average molecular weight is 132 g/mol. The second-order valence-corrected chi connectivity index (χ2v) is 2.90. The summed E-state index contributed by atoms with van der Waals surface area (Å²) in [7, 11) is 0. The first-order valence-corrected chi connectivity index (χ1v) is 3.72. The minimum atomic E-state index is -1.07. The molecule has 1 atom stereocenters. The summed E-state index contributed by atoms with van der Waals surface area (Å²) in [6.45, 7) is 4.27. The van der Waals surface area contributed by atoms with E-state index >= 15 is 0 Å². The molecule has 1 aliphatic rings. The van der Waals surface area contributed by atoms with Gasteiger partial charge in [0, 0.05) is 0 Å². The summed E-state index contributed by atoms with van der Waals surface area (Å²) in [4.78, 5) is 0. The monoisotopic (exact) mass is 132 g/mol. The number of hydrogen-bond donors (Lipinski definition) is 0. The lowest BCUT2D eigenvalue weighted by Gasteiger charge is -2.10. The predicted molar refractivity (Wildman–Crippen MR) is 32.7 cm³/mol. The molecule has 8 heavy (non-hydrogen) atoms. The van der Waals surface area contributed by atoms with Crippen LogP contribution in [0.2, 0.25) is 0 Å². The zero-order valence-electron chi connectivity index (χ0n) is 4.55. The van der Waals surface area contributed by atoms with Gasteiger partial charge in [0.05, 0.1) is 12.4 Å². The molecule has 1 saturated heterocycles. The first-order valence-electron chi connectivity index (χ1n) is 2.47. The van der Waals surface area contributed by atoms with E-state index in [1.54, 1.807) is 0 Å². The van der Waals surface area contributed by atoms with Gasteiger partial charge >= 0.3 is 0 Å². The van der Waals surface area contributed by atoms with Gasteiger partial charge in [0.25, 0.3) is 0 Å². The van der Waals surface area contributed by atoms with Crippen LogP contribution >= 0.6 is 0 Å². The third-order valence-corrected chi connectivity index (χ3v) is 2.07. The van der Waals surface area contributed by atoms with E-state index < -0.39 is 11.1 Å². The van der Waals surface area contributed by atoms with Crippen LogP contribution in [0.5, 0.6) is 0 Å². The molecule has 0 spiro atoms. The van der Waals surface area contributed by atoms with Crippen molar-refractivity contribution in [2.45, 2.75) is 6.42 Å². The normalized spacial score (nSPS) is 30.5. The Hall–Kier alpha value is -0.150. The van der Waals surface area contributed by atoms with Gasteiger partial charge in [0.1, 0.15) is 0 Å². The van der Waals surface area contributed by atoms with Gasteiger partial charge in [-0.1, -0.05) is 12.2 Å². The van der Waals surface area contributed by atoms with Crippen molar-refractivity contribution < 1.29 is 8.39 Å². The van der Waals surface area contributed by atoms with Crippen LogP contribution in [0.4, 0.5) is 0 Å². The second-order valence-electron chi connectivity index (χ2n) is 1.77. The SMILES string of the molecule is C=C1CCOS(=O)C1. The summed E-state index contributed by atoms with van der Waals surface area (Å²) in [5.74, 6) is 0.528. The average Bonchev–Trinajstić information content (AvgIpc) is 1.64. The van der Waals surface area contributed by atoms with Gasteiger partial charge in [-0.3, -0.25) is 4.18 Å². The van der Waals surface area contributed by atoms with E-state index in [1.807, 2.05) is 0 Å². The van der Waals surface area contributed by atoms with E-state index in [2.05, 4.69) is 6.58 Å². The van der Waals surface area contributed by atoms with E-state index in [1.165, 1.54) is 0 Å². The van der Waals surface area contributed by atoms with E-state index in [0.717, 1.165) is 12.0 Å². The van der Waals surface area contributed by atoms with Crippen LogP contribution in [0.1, 0.15) is 6.42 Å². The Bertz CT molecular complexity index is 116. The van der Waals surface area contributed by atoms with Gasteiger partial charge in [-0.25, -0.2) is 4.21 Å². The van der Waals surface area contributed by atoms with Gasteiger partial charge < -0.3 is 0 Å². The summed E-state index contributed by atoms with van der Waals surface area (Å²) in [6.07, 6.45) is 0.867. The quantitative estimate of drug-likeness (QED) is 0.452. The van der Waals surface area contributed by atoms with Crippen LogP contribution < -0.4 is 0 Å². The molecule has 0 bridgehead atoms. The van der Waals surface area contributed by atoms with Crippen LogP contribution in [-0.4, -0.2) is 16.6 Å². The standard InChI is InChI=1S/C5H8O2S/c1-5-2-3-7-8(6)4-5/h1-4H2. The van der Waals surface area contributed by atoms with Gasteiger partial charge in [-0.15, -0.1) is 0 Å². The first-order chi connectivity index (χ1) is 3.79. The van der Waals surface area contributed by atoms with E-state index in [0.29, 0.717) is 12.4 Å². The van der Waals surface area contributed by atoms with Crippen LogP contribution in [0, 0.1) is 0 Å². The summed E-state index contributed by atoms with van der Waals surface area (Å²) in [5, 5.41) is 0. The van der Waals surface area contributed by atoms with Crippen LogP contribution in [0.15, 0.2) is 12.2 Å². The zero-order valence-corrected chi connectivity index (χ0v) is 5.37. The van der Waals surface area contributed by atoms with Gasteiger partial charge in [-0.05, 0) is 6.42 Å². The Morgan fingerprint density at radius 1 is 1.75 bits per heavy atom. The largest absolute Gasteiger partial charge is 0.290 e. The highest BCUT2D eigenvalue weighted by atomic mass is 32.2. The smallest absolute Gasteiger partial charge is 0.159 e. The van der Waals surface area contributed by atoms with Crippen LogP contribution in [0.25, 0.3) is 0 Å². The van der Waals surface area contributed by atoms with Crippen molar-refractivity contribution in [1.29, 1.82) is 0 Å². The van der Waals surface area contributed by atoms with Crippen molar-refractivity contribution in [3.05, 3.63) is 12.2 Å². The molecule has 0 saturated carbocycles. The Morgan fingerprint density at radius 2 is 2.50 bits per heavy atom. The summed E-state index contributed by atoms with van der Waals surface area (Å²) < 4.78 is 15.3. The number of hydrogen-bond acceptors (Lipinski definition) is 2. The van der Waals surface area contributed by atoms with Crippen molar-refractivity contribution in [2.75, 3.05) is 12.4 Å². The molecule has 0 aliphatic carbocycles. The van der Waals surface area contributed by atoms with E-state index in [9.17, 15) is 4.21 Å². The fourth-order valence-electron chi connectivity index (χ4n) is 0.559.